The highest BCUT2D eigenvalue weighted by Gasteiger charge is 2.48. The zero-order chi connectivity index (χ0) is 17.1. The van der Waals surface area contributed by atoms with Crippen molar-refractivity contribution >= 4 is 17.9 Å². The lowest BCUT2D eigenvalue weighted by atomic mass is 9.68. The van der Waals surface area contributed by atoms with E-state index in [1.54, 1.807) is 0 Å². The first-order chi connectivity index (χ1) is 11.4. The number of nitrogens with one attached hydrogen (secondary N) is 1. The summed E-state index contributed by atoms with van der Waals surface area (Å²) >= 11 is 0. The van der Waals surface area contributed by atoms with Crippen molar-refractivity contribution in [3.8, 4) is 0 Å². The molecule has 3 unspecified atom stereocenters. The highest BCUT2D eigenvalue weighted by atomic mass is 16.2. The van der Waals surface area contributed by atoms with Gasteiger partial charge in [0.05, 0.1) is 11.1 Å². The molecule has 0 radical (unpaired) electrons. The molecule has 3 heteroatoms. The average molecular weight is 323 g/mol. The van der Waals surface area contributed by atoms with E-state index >= 15 is 0 Å². The Kier molecular flexibility index (Phi) is 3.28. The molecule has 1 saturated carbocycles. The van der Waals surface area contributed by atoms with E-state index in [-0.39, 0.29) is 11.3 Å². The number of benzene rings is 1. The van der Waals surface area contributed by atoms with Crippen LogP contribution in [0.15, 0.2) is 24.3 Å². The molecule has 0 aliphatic heterocycles. The summed E-state index contributed by atoms with van der Waals surface area (Å²) in [5.41, 5.74) is 3.31. The second kappa shape index (κ2) is 5.05. The van der Waals surface area contributed by atoms with Crippen molar-refractivity contribution in [1.29, 1.82) is 0 Å². The molecular formula is C21H25NO2. The maximum absolute atomic E-state index is 13.0. The molecule has 3 aliphatic rings. The second-order valence-corrected chi connectivity index (χ2v) is 8.51. The lowest BCUT2D eigenvalue weighted by Gasteiger charge is -2.36. The first kappa shape index (κ1) is 15.6. The van der Waals surface area contributed by atoms with Crippen LogP contribution in [0.4, 0.5) is 5.69 Å². The number of hydrogen-bond acceptors (Lipinski definition) is 2. The summed E-state index contributed by atoms with van der Waals surface area (Å²) in [6.07, 6.45) is 9.50. The molecule has 0 saturated heterocycles. The van der Waals surface area contributed by atoms with Gasteiger partial charge in [0.1, 0.15) is 0 Å². The zero-order valence-corrected chi connectivity index (χ0v) is 14.7. The van der Waals surface area contributed by atoms with Crippen LogP contribution in [0.5, 0.6) is 0 Å². The Morgan fingerprint density at radius 2 is 1.83 bits per heavy atom. The first-order valence-corrected chi connectivity index (χ1v) is 8.98. The minimum absolute atomic E-state index is 0.00343. The second-order valence-electron chi connectivity index (χ2n) is 8.51. The van der Waals surface area contributed by atoms with Crippen molar-refractivity contribution in [2.24, 2.45) is 10.8 Å². The maximum atomic E-state index is 13.0. The number of amides is 1. The van der Waals surface area contributed by atoms with Gasteiger partial charge in [0.25, 0.3) is 0 Å². The molecule has 0 aromatic heterocycles. The van der Waals surface area contributed by atoms with Gasteiger partial charge >= 0.3 is 0 Å². The zero-order valence-electron chi connectivity index (χ0n) is 14.7. The molecule has 2 bridgehead atoms. The van der Waals surface area contributed by atoms with Gasteiger partial charge in [-0.25, -0.2) is 0 Å². The van der Waals surface area contributed by atoms with Crippen molar-refractivity contribution < 1.29 is 9.59 Å². The van der Waals surface area contributed by atoms with Crippen molar-refractivity contribution in [3.63, 3.8) is 0 Å². The van der Waals surface area contributed by atoms with E-state index in [4.69, 9.17) is 0 Å². The van der Waals surface area contributed by atoms with Gasteiger partial charge in [0.15, 0.2) is 6.29 Å². The topological polar surface area (TPSA) is 46.2 Å². The predicted molar refractivity (Wildman–Crippen MR) is 95.4 cm³/mol. The highest BCUT2D eigenvalue weighted by molar-refractivity contribution is 6.00. The predicted octanol–water partition coefficient (Wildman–Crippen LogP) is 4.79. The summed E-state index contributed by atoms with van der Waals surface area (Å²) in [5, 5.41) is 3.08. The van der Waals surface area contributed by atoms with Gasteiger partial charge in [0.2, 0.25) is 5.91 Å². The van der Waals surface area contributed by atoms with Crippen LogP contribution in [-0.4, -0.2) is 12.2 Å². The number of fused-ring (bicyclic) bond motifs is 5. The first-order valence-electron chi connectivity index (χ1n) is 8.98. The fourth-order valence-electron chi connectivity index (χ4n) is 4.79. The number of anilines is 1. The third kappa shape index (κ3) is 2.03. The Hall–Kier alpha value is -1.90. The summed E-state index contributed by atoms with van der Waals surface area (Å²) in [6, 6.07) is 4.09. The van der Waals surface area contributed by atoms with Crippen LogP contribution in [-0.2, 0) is 4.79 Å². The molecule has 1 amide bonds. The van der Waals surface area contributed by atoms with Gasteiger partial charge in [-0.1, -0.05) is 26.0 Å². The summed E-state index contributed by atoms with van der Waals surface area (Å²) in [4.78, 5) is 24.6. The van der Waals surface area contributed by atoms with Crippen LogP contribution in [0.3, 0.4) is 0 Å². The molecule has 0 spiro atoms. The van der Waals surface area contributed by atoms with Crippen molar-refractivity contribution in [1.82, 2.24) is 0 Å². The molecule has 3 aliphatic carbocycles. The quantitative estimate of drug-likeness (QED) is 0.642. The lowest BCUT2D eigenvalue weighted by molar-refractivity contribution is -0.128. The van der Waals surface area contributed by atoms with Crippen LogP contribution in [0.1, 0.15) is 79.8 Å². The van der Waals surface area contributed by atoms with Gasteiger partial charge < -0.3 is 5.32 Å². The largest absolute Gasteiger partial charge is 0.325 e. The van der Waals surface area contributed by atoms with E-state index in [1.807, 2.05) is 13.0 Å². The molecule has 4 rings (SSSR count). The SMILES string of the molecule is CC1(C)C=CCC1(C)C(=O)Nc1cc2c(cc1C=O)C1CCC2C1. The number of allylic oxidation sites excluding steroid dienone is 2. The fraction of sp³-hybridized carbons (Fsp3) is 0.524. The van der Waals surface area contributed by atoms with Gasteiger partial charge in [-0.05, 0) is 73.1 Å². The minimum Gasteiger partial charge on any atom is -0.325 e. The Labute approximate surface area is 143 Å². The van der Waals surface area contributed by atoms with Crippen molar-refractivity contribution in [3.05, 3.63) is 41.0 Å². The van der Waals surface area contributed by atoms with Crippen LogP contribution in [0.2, 0.25) is 0 Å². The van der Waals surface area contributed by atoms with E-state index in [1.165, 1.54) is 30.4 Å². The molecule has 126 valence electrons. The molecule has 1 aromatic carbocycles. The summed E-state index contributed by atoms with van der Waals surface area (Å²) in [6.45, 7) is 6.20. The number of rotatable bonds is 3. The molecule has 3 nitrogen and oxygen atoms in total. The van der Waals surface area contributed by atoms with Crippen LogP contribution < -0.4 is 5.32 Å². The maximum Gasteiger partial charge on any atom is 0.231 e. The van der Waals surface area contributed by atoms with Gasteiger partial charge in [-0.3, -0.25) is 9.59 Å². The van der Waals surface area contributed by atoms with E-state index in [9.17, 15) is 9.59 Å². The number of hydrogen-bond donors (Lipinski definition) is 1. The Morgan fingerprint density at radius 3 is 2.42 bits per heavy atom. The molecule has 1 N–H and O–H groups in total. The Bertz CT molecular complexity index is 761. The smallest absolute Gasteiger partial charge is 0.231 e. The molecule has 24 heavy (non-hydrogen) atoms. The van der Waals surface area contributed by atoms with Gasteiger partial charge in [0, 0.05) is 5.56 Å². The molecule has 3 atom stereocenters. The van der Waals surface area contributed by atoms with Crippen molar-refractivity contribution in [2.75, 3.05) is 5.32 Å². The van der Waals surface area contributed by atoms with Crippen molar-refractivity contribution in [2.45, 2.75) is 58.3 Å². The lowest BCUT2D eigenvalue weighted by Crippen LogP contribution is -2.42. The number of carbonyl (C=O) groups excluding carboxylic acids is 2. The van der Waals surface area contributed by atoms with Crippen LogP contribution in [0, 0.1) is 10.8 Å². The molecular weight excluding hydrogens is 298 g/mol. The Balaban J connectivity index is 1.67. The van der Waals surface area contributed by atoms with E-state index < -0.39 is 5.41 Å². The standard InChI is InChI=1S/C21H25NO2/c1-20(2)7-4-8-21(20,3)19(24)22-18-11-17-14-6-5-13(9-14)16(17)10-15(18)12-23/h4,7,10-14H,5-6,8-9H2,1-3H3,(H,22,24). The average Bonchev–Trinajstić information content (AvgIpc) is 3.21. The monoisotopic (exact) mass is 323 g/mol. The van der Waals surface area contributed by atoms with Gasteiger partial charge in [-0.15, -0.1) is 0 Å². The number of aldehydes is 1. The fourth-order valence-corrected chi connectivity index (χ4v) is 4.79. The summed E-state index contributed by atoms with van der Waals surface area (Å²) in [5.74, 6) is 1.23. The molecule has 1 aromatic rings. The third-order valence-corrected chi connectivity index (χ3v) is 6.93. The summed E-state index contributed by atoms with van der Waals surface area (Å²) < 4.78 is 0. The van der Waals surface area contributed by atoms with E-state index in [2.05, 4.69) is 37.4 Å². The van der Waals surface area contributed by atoms with Gasteiger partial charge in [-0.2, -0.15) is 0 Å². The van der Waals surface area contributed by atoms with E-state index in [0.29, 0.717) is 23.1 Å². The molecule has 1 fully saturated rings. The minimum atomic E-state index is -0.481. The molecule has 0 heterocycles. The van der Waals surface area contributed by atoms with Crippen LogP contribution >= 0.6 is 0 Å². The third-order valence-electron chi connectivity index (χ3n) is 6.93. The number of carbonyl (C=O) groups is 2. The Morgan fingerprint density at radius 1 is 1.17 bits per heavy atom. The van der Waals surface area contributed by atoms with E-state index in [0.717, 1.165) is 12.7 Å². The van der Waals surface area contributed by atoms with Crippen LogP contribution in [0.25, 0.3) is 0 Å². The normalized spacial score (nSPS) is 32.0. The highest BCUT2D eigenvalue weighted by Crippen LogP contribution is 2.54. The summed E-state index contributed by atoms with van der Waals surface area (Å²) in [7, 11) is 0.